The SMILES string of the molecule is CC[Si](CC)(CC)OP(=O)(O[Si](CC)(CC)CC)C(Cl)Cl. The van der Waals surface area contributed by atoms with Crippen LogP contribution < -0.4 is 0 Å². The van der Waals surface area contributed by atoms with Gasteiger partial charge in [-0.15, -0.1) is 0 Å². The fourth-order valence-electron chi connectivity index (χ4n) is 2.53. The van der Waals surface area contributed by atoms with Crippen LogP contribution in [0.15, 0.2) is 0 Å². The van der Waals surface area contributed by atoms with Crippen LogP contribution in [-0.4, -0.2) is 21.2 Å². The molecule has 0 heterocycles. The molecular weight excluding hydrogens is 362 g/mol. The largest absolute Gasteiger partial charge is 0.349 e. The first-order valence-corrected chi connectivity index (χ1v) is 15.6. The predicted octanol–water partition coefficient (Wildman–Crippen LogP) is 6.98. The van der Waals surface area contributed by atoms with Crippen molar-refractivity contribution in [1.82, 2.24) is 0 Å². The summed E-state index contributed by atoms with van der Waals surface area (Å²) < 4.78 is 24.4. The highest BCUT2D eigenvalue weighted by Gasteiger charge is 2.47. The normalized spacial score (nSPS) is 14.0. The van der Waals surface area contributed by atoms with Gasteiger partial charge in [0.05, 0.1) is 0 Å². The lowest BCUT2D eigenvalue weighted by Gasteiger charge is -2.38. The molecule has 0 amide bonds. The zero-order valence-electron chi connectivity index (χ0n) is 14.2. The van der Waals surface area contributed by atoms with Gasteiger partial charge in [-0.1, -0.05) is 64.7 Å². The molecule has 0 aliphatic heterocycles. The average molecular weight is 393 g/mol. The Morgan fingerprint density at radius 2 is 1.00 bits per heavy atom. The number of halogens is 2. The van der Waals surface area contributed by atoms with Crippen LogP contribution in [0.3, 0.4) is 0 Å². The van der Waals surface area contributed by atoms with E-state index in [1.807, 2.05) is 0 Å². The van der Waals surface area contributed by atoms with Crippen molar-refractivity contribution in [2.24, 2.45) is 0 Å². The maximum atomic E-state index is 13.3. The molecule has 0 radical (unpaired) electrons. The third kappa shape index (κ3) is 5.63. The maximum Gasteiger partial charge on any atom is 0.344 e. The minimum absolute atomic E-state index is 0.896. The lowest BCUT2D eigenvalue weighted by Crippen LogP contribution is -2.40. The third-order valence-electron chi connectivity index (χ3n) is 4.75. The van der Waals surface area contributed by atoms with E-state index in [0.29, 0.717) is 0 Å². The van der Waals surface area contributed by atoms with Crippen molar-refractivity contribution in [2.45, 2.75) is 82.4 Å². The molecule has 0 aromatic carbocycles. The van der Waals surface area contributed by atoms with Crippen LogP contribution in [0.2, 0.25) is 36.3 Å². The molecule has 21 heavy (non-hydrogen) atoms. The Labute approximate surface area is 142 Å². The molecule has 0 aromatic rings. The molecular formula is C13H31Cl2O3PSi2. The zero-order valence-corrected chi connectivity index (χ0v) is 18.7. The van der Waals surface area contributed by atoms with E-state index in [9.17, 15) is 4.57 Å². The first-order valence-electron chi connectivity index (χ1n) is 8.01. The maximum absolute atomic E-state index is 13.3. The minimum atomic E-state index is -3.48. The third-order valence-corrected chi connectivity index (χ3v) is 19.5. The van der Waals surface area contributed by atoms with Gasteiger partial charge >= 0.3 is 7.60 Å². The molecule has 3 nitrogen and oxygen atoms in total. The van der Waals surface area contributed by atoms with Gasteiger partial charge < -0.3 is 8.43 Å². The van der Waals surface area contributed by atoms with Crippen molar-refractivity contribution in [1.29, 1.82) is 0 Å². The molecule has 0 rings (SSSR count). The summed E-state index contributed by atoms with van der Waals surface area (Å²) >= 11 is 12.1. The van der Waals surface area contributed by atoms with Crippen molar-refractivity contribution in [3.63, 3.8) is 0 Å². The van der Waals surface area contributed by atoms with Gasteiger partial charge in [-0.3, -0.25) is 4.57 Å². The molecule has 0 N–H and O–H groups in total. The Hall–Kier alpha value is 1.16. The molecule has 0 aliphatic carbocycles. The highest BCUT2D eigenvalue weighted by Crippen LogP contribution is 2.62. The summed E-state index contributed by atoms with van der Waals surface area (Å²) in [5.41, 5.74) is 0. The standard InChI is InChI=1S/C13H31Cl2O3PSi2/c1-7-20(8-2,9-3)17-19(16,13(14)15)18-21(10-4,11-5)12-6/h13H,7-12H2,1-6H3. The van der Waals surface area contributed by atoms with Gasteiger partial charge in [0.25, 0.3) is 0 Å². The van der Waals surface area contributed by atoms with Gasteiger partial charge in [0, 0.05) is 0 Å². The molecule has 0 bridgehead atoms. The van der Waals surface area contributed by atoms with Crippen LogP contribution in [0.5, 0.6) is 0 Å². The van der Waals surface area contributed by atoms with E-state index in [2.05, 4.69) is 41.5 Å². The van der Waals surface area contributed by atoms with Crippen LogP contribution >= 0.6 is 30.8 Å². The highest BCUT2D eigenvalue weighted by atomic mass is 35.5. The number of rotatable bonds is 11. The van der Waals surface area contributed by atoms with Crippen molar-refractivity contribution < 1.29 is 13.0 Å². The molecule has 0 aromatic heterocycles. The van der Waals surface area contributed by atoms with Crippen LogP contribution in [0.25, 0.3) is 0 Å². The topological polar surface area (TPSA) is 35.5 Å². The molecule has 0 unspecified atom stereocenters. The number of hydrogen-bond acceptors (Lipinski definition) is 3. The zero-order chi connectivity index (χ0) is 16.7. The Morgan fingerprint density at radius 3 is 1.14 bits per heavy atom. The summed E-state index contributed by atoms with van der Waals surface area (Å²) in [4.78, 5) is 0. The lowest BCUT2D eigenvalue weighted by molar-refractivity contribution is 0.373. The predicted molar refractivity (Wildman–Crippen MR) is 99.7 cm³/mol. The monoisotopic (exact) mass is 392 g/mol. The van der Waals surface area contributed by atoms with Gasteiger partial charge in [0.2, 0.25) is 21.2 Å². The fraction of sp³-hybridized carbons (Fsp3) is 1.00. The second-order valence-electron chi connectivity index (χ2n) is 5.49. The van der Waals surface area contributed by atoms with E-state index in [4.69, 9.17) is 31.6 Å². The molecule has 0 aliphatic rings. The Kier molecular flexibility index (Phi) is 9.98. The summed E-state index contributed by atoms with van der Waals surface area (Å²) in [5.74, 6) is 0. The minimum Gasteiger partial charge on any atom is -0.349 e. The van der Waals surface area contributed by atoms with E-state index in [0.717, 1.165) is 36.3 Å². The van der Waals surface area contributed by atoms with Crippen molar-refractivity contribution in [3.05, 3.63) is 0 Å². The van der Waals surface area contributed by atoms with E-state index in [1.54, 1.807) is 0 Å². The average Bonchev–Trinajstić information content (AvgIpc) is 2.50. The fourth-order valence-corrected chi connectivity index (χ4v) is 15.5. The summed E-state index contributed by atoms with van der Waals surface area (Å²) in [6.07, 6.45) is 0. The smallest absolute Gasteiger partial charge is 0.344 e. The first-order chi connectivity index (χ1) is 9.72. The highest BCUT2D eigenvalue weighted by molar-refractivity contribution is 7.61. The molecule has 0 saturated carbocycles. The quantitative estimate of drug-likeness (QED) is 0.216. The van der Waals surface area contributed by atoms with E-state index >= 15 is 0 Å². The lowest BCUT2D eigenvalue weighted by atomic mass is 10.9. The summed E-state index contributed by atoms with van der Waals surface area (Å²) in [7, 11) is -7.66. The van der Waals surface area contributed by atoms with Gasteiger partial charge in [0.15, 0.2) is 0 Å². The van der Waals surface area contributed by atoms with Crippen LogP contribution in [-0.2, 0) is 13.0 Å². The van der Waals surface area contributed by atoms with Crippen LogP contribution in [0, 0.1) is 0 Å². The first kappa shape index (κ1) is 22.2. The van der Waals surface area contributed by atoms with Crippen molar-refractivity contribution in [2.75, 3.05) is 0 Å². The molecule has 0 atom stereocenters. The van der Waals surface area contributed by atoms with E-state index < -0.39 is 28.8 Å². The Bertz CT molecular complexity index is 306. The Morgan fingerprint density at radius 1 is 0.762 bits per heavy atom. The summed E-state index contributed by atoms with van der Waals surface area (Å²) in [6.45, 7) is 12.5. The molecule has 8 heteroatoms. The van der Waals surface area contributed by atoms with Crippen LogP contribution in [0.4, 0.5) is 0 Å². The Balaban J connectivity index is 5.50. The molecule has 0 saturated heterocycles. The summed E-state index contributed by atoms with van der Waals surface area (Å²) in [5, 5.41) is 0. The van der Waals surface area contributed by atoms with E-state index in [-0.39, 0.29) is 0 Å². The van der Waals surface area contributed by atoms with Gasteiger partial charge in [-0.05, 0) is 36.3 Å². The van der Waals surface area contributed by atoms with Crippen molar-refractivity contribution >= 4 is 47.4 Å². The number of alkyl halides is 2. The van der Waals surface area contributed by atoms with Gasteiger partial charge in [-0.2, -0.15) is 0 Å². The van der Waals surface area contributed by atoms with Crippen LogP contribution in [0.1, 0.15) is 41.5 Å². The second-order valence-corrected chi connectivity index (χ2v) is 19.2. The van der Waals surface area contributed by atoms with Gasteiger partial charge in [0.1, 0.15) is 0 Å². The second kappa shape index (κ2) is 9.46. The van der Waals surface area contributed by atoms with E-state index in [1.165, 1.54) is 0 Å². The number of hydrogen-bond donors (Lipinski definition) is 0. The summed E-state index contributed by atoms with van der Waals surface area (Å²) in [6, 6.07) is 5.37. The van der Waals surface area contributed by atoms with Gasteiger partial charge in [-0.25, -0.2) is 0 Å². The molecule has 128 valence electrons. The molecule has 0 spiro atoms. The van der Waals surface area contributed by atoms with Crippen molar-refractivity contribution in [3.8, 4) is 0 Å². The molecule has 0 fully saturated rings.